The number of hydrogen-bond donors (Lipinski definition) is 1. The van der Waals surface area contributed by atoms with E-state index in [0.717, 1.165) is 24.6 Å². The second-order valence-corrected chi connectivity index (χ2v) is 11.9. The van der Waals surface area contributed by atoms with Crippen LogP contribution in [0, 0.1) is 10.1 Å². The number of nitro groups is 1. The minimum Gasteiger partial charge on any atom is -0.367 e. The smallest absolute Gasteiger partial charge is 0.283 e. The summed E-state index contributed by atoms with van der Waals surface area (Å²) in [6.07, 6.45) is 2.39. The van der Waals surface area contributed by atoms with Crippen molar-refractivity contribution in [3.05, 3.63) is 27.8 Å². The lowest BCUT2D eigenvalue weighted by Gasteiger charge is -2.26. The molecule has 0 heterocycles. The van der Waals surface area contributed by atoms with Crippen LogP contribution in [0.25, 0.3) is 0 Å². The van der Waals surface area contributed by atoms with Gasteiger partial charge in [0.05, 0.1) is 28.4 Å². The number of amides is 1. The lowest BCUT2D eigenvalue weighted by atomic mass is 10.1. The number of nitrogens with one attached hydrogen (secondary N) is 1. The van der Waals surface area contributed by atoms with Crippen LogP contribution in [0.15, 0.2) is 17.0 Å². The molecule has 0 aliphatic rings. The Morgan fingerprint density at radius 2 is 1.79 bits per heavy atom. The van der Waals surface area contributed by atoms with Crippen LogP contribution in [0.5, 0.6) is 0 Å². The van der Waals surface area contributed by atoms with Crippen LogP contribution in [0.1, 0.15) is 16.8 Å². The maximum Gasteiger partial charge on any atom is 0.283 e. The molecule has 1 aromatic rings. The molecule has 0 unspecified atom stereocenters. The highest BCUT2D eigenvalue weighted by atomic mass is 79.9. The van der Waals surface area contributed by atoms with Crippen molar-refractivity contribution in [1.29, 1.82) is 0 Å². The molecule has 12 nitrogen and oxygen atoms in total. The lowest BCUT2D eigenvalue weighted by molar-refractivity contribution is -0.385. The van der Waals surface area contributed by atoms with Crippen molar-refractivity contribution in [3.8, 4) is 0 Å². The number of carbonyl (C=O) groups is 1. The predicted molar refractivity (Wildman–Crippen MR) is 129 cm³/mol. The molecule has 1 rings (SSSR count). The molecule has 1 N–H and O–H groups in total. The number of carbonyl (C=O) groups excluding carboxylic acids is 1. The molecule has 188 valence electrons. The number of rotatable bonds is 14. The zero-order chi connectivity index (χ0) is 25.4. The minimum atomic E-state index is -3.94. The van der Waals surface area contributed by atoms with Gasteiger partial charge in [0, 0.05) is 37.3 Å². The molecule has 15 heteroatoms. The van der Waals surface area contributed by atoms with Crippen molar-refractivity contribution in [2.45, 2.75) is 11.3 Å². The molecule has 0 radical (unpaired) electrons. The molecule has 0 bridgehead atoms. The molecule has 33 heavy (non-hydrogen) atoms. The molecule has 0 aliphatic heterocycles. The van der Waals surface area contributed by atoms with Gasteiger partial charge in [0.15, 0.2) is 9.84 Å². The van der Waals surface area contributed by atoms with E-state index in [-0.39, 0.29) is 42.4 Å². The van der Waals surface area contributed by atoms with Gasteiger partial charge in [-0.05, 0) is 33.1 Å². The summed E-state index contributed by atoms with van der Waals surface area (Å²) < 4.78 is 52.2. The van der Waals surface area contributed by atoms with Crippen LogP contribution >= 0.6 is 15.9 Å². The van der Waals surface area contributed by atoms with E-state index in [0.29, 0.717) is 18.3 Å². The highest BCUT2D eigenvalue weighted by molar-refractivity contribution is 9.09. The Balaban J connectivity index is 3.46. The third-order valence-electron chi connectivity index (χ3n) is 4.34. The topological polar surface area (TPSA) is 156 Å². The third-order valence-corrected chi connectivity index (χ3v) is 6.41. The van der Waals surface area contributed by atoms with Gasteiger partial charge in [0.2, 0.25) is 0 Å². The van der Waals surface area contributed by atoms with E-state index < -0.39 is 36.5 Å². The molecular formula is C18H29BrN4O8S2. The van der Waals surface area contributed by atoms with Crippen molar-refractivity contribution < 1.29 is 30.7 Å². The van der Waals surface area contributed by atoms with Crippen molar-refractivity contribution in [2.75, 3.05) is 69.6 Å². The van der Waals surface area contributed by atoms with Gasteiger partial charge in [0.1, 0.15) is 5.56 Å². The van der Waals surface area contributed by atoms with Crippen LogP contribution in [0.4, 0.5) is 11.4 Å². The van der Waals surface area contributed by atoms with E-state index in [1.54, 1.807) is 0 Å². The van der Waals surface area contributed by atoms with Crippen LogP contribution in [-0.4, -0.2) is 97.3 Å². The standard InChI is InChI=1S/C18H29BrN4O8S2/c1-21(2)8-5-7-20-18(24)14-12-16(17(32(3,27)28)13-15(14)23(25)26)22(9-6-19)10-11-31-33(4,29)30/h12-13H,5-11H2,1-4H3,(H,20,24). The first-order valence-electron chi connectivity index (χ1n) is 9.78. The highest BCUT2D eigenvalue weighted by Gasteiger charge is 2.29. The minimum absolute atomic E-state index is 0.0388. The van der Waals surface area contributed by atoms with E-state index in [2.05, 4.69) is 21.2 Å². The van der Waals surface area contributed by atoms with Gasteiger partial charge in [-0.3, -0.25) is 19.1 Å². The molecule has 1 amide bonds. The number of sulfone groups is 1. The lowest BCUT2D eigenvalue weighted by Crippen LogP contribution is -2.32. The average molecular weight is 573 g/mol. The summed E-state index contributed by atoms with van der Waals surface area (Å²) in [5.74, 6) is -0.715. The van der Waals surface area contributed by atoms with Gasteiger partial charge in [-0.15, -0.1) is 0 Å². The summed E-state index contributed by atoms with van der Waals surface area (Å²) in [5, 5.41) is 14.6. The van der Waals surface area contributed by atoms with Crippen molar-refractivity contribution in [3.63, 3.8) is 0 Å². The molecule has 0 atom stereocenters. The first-order valence-corrected chi connectivity index (χ1v) is 14.6. The highest BCUT2D eigenvalue weighted by Crippen LogP contribution is 2.33. The fourth-order valence-electron chi connectivity index (χ4n) is 2.88. The number of benzene rings is 1. The fourth-order valence-corrected chi connectivity index (χ4v) is 4.58. The predicted octanol–water partition coefficient (Wildman–Crippen LogP) is 0.857. The number of halogens is 1. The Morgan fingerprint density at radius 3 is 2.27 bits per heavy atom. The fraction of sp³-hybridized carbons (Fsp3) is 0.611. The maximum atomic E-state index is 12.7. The number of nitro benzene ring substituents is 1. The molecule has 0 saturated carbocycles. The molecule has 0 spiro atoms. The van der Waals surface area contributed by atoms with Gasteiger partial charge in [-0.1, -0.05) is 15.9 Å². The third kappa shape index (κ3) is 9.92. The van der Waals surface area contributed by atoms with Crippen LogP contribution in [-0.2, 0) is 24.1 Å². The molecular weight excluding hydrogens is 544 g/mol. The number of hydrogen-bond acceptors (Lipinski definition) is 10. The monoisotopic (exact) mass is 572 g/mol. The second kappa shape index (κ2) is 12.6. The number of anilines is 1. The maximum absolute atomic E-state index is 12.7. The molecule has 0 saturated heterocycles. The number of alkyl halides is 1. The van der Waals surface area contributed by atoms with E-state index >= 15 is 0 Å². The normalized spacial score (nSPS) is 12.1. The Bertz CT molecular complexity index is 1060. The Labute approximate surface area is 202 Å². The van der Waals surface area contributed by atoms with E-state index in [1.807, 2.05) is 19.0 Å². The summed E-state index contributed by atoms with van der Waals surface area (Å²) in [5.41, 5.74) is -0.899. The second-order valence-electron chi connectivity index (χ2n) is 7.48. The summed E-state index contributed by atoms with van der Waals surface area (Å²) >= 11 is 3.25. The first kappa shape index (κ1) is 29.2. The van der Waals surface area contributed by atoms with E-state index in [1.165, 1.54) is 4.90 Å². The summed E-state index contributed by atoms with van der Waals surface area (Å²) in [6.45, 7) is 0.864. The van der Waals surface area contributed by atoms with Gasteiger partial charge >= 0.3 is 0 Å². The van der Waals surface area contributed by atoms with Crippen molar-refractivity contribution in [2.24, 2.45) is 0 Å². The van der Waals surface area contributed by atoms with E-state index in [4.69, 9.17) is 4.18 Å². The quantitative estimate of drug-likeness (QED) is 0.111. The number of nitrogens with zero attached hydrogens (tertiary/aromatic N) is 3. The van der Waals surface area contributed by atoms with Crippen LogP contribution < -0.4 is 10.2 Å². The largest absolute Gasteiger partial charge is 0.367 e. The van der Waals surface area contributed by atoms with Gasteiger partial charge in [-0.25, -0.2) is 8.42 Å². The zero-order valence-corrected chi connectivity index (χ0v) is 22.1. The first-order chi connectivity index (χ1) is 15.2. The Morgan fingerprint density at radius 1 is 1.15 bits per heavy atom. The zero-order valence-electron chi connectivity index (χ0n) is 18.9. The molecule has 0 fully saturated rings. The molecule has 1 aromatic carbocycles. The summed E-state index contributed by atoms with van der Waals surface area (Å²) in [4.78, 5) is 26.6. The van der Waals surface area contributed by atoms with E-state index in [9.17, 15) is 31.7 Å². The summed E-state index contributed by atoms with van der Waals surface area (Å²) in [7, 11) is -3.92. The van der Waals surface area contributed by atoms with Crippen LogP contribution in [0.3, 0.4) is 0 Å². The molecule has 0 aromatic heterocycles. The summed E-state index contributed by atoms with van der Waals surface area (Å²) in [6, 6.07) is 2.01. The van der Waals surface area contributed by atoms with Gasteiger partial charge in [-0.2, -0.15) is 8.42 Å². The Hall–Kier alpha value is -1.81. The average Bonchev–Trinajstić information content (AvgIpc) is 2.67. The van der Waals surface area contributed by atoms with Gasteiger partial charge < -0.3 is 15.1 Å². The van der Waals surface area contributed by atoms with Gasteiger partial charge in [0.25, 0.3) is 21.7 Å². The van der Waals surface area contributed by atoms with Crippen molar-refractivity contribution in [1.82, 2.24) is 10.2 Å². The Kier molecular flexibility index (Phi) is 11.2. The van der Waals surface area contributed by atoms with Crippen molar-refractivity contribution >= 4 is 53.2 Å². The molecule has 0 aliphatic carbocycles. The SMILES string of the molecule is CN(C)CCCNC(=O)c1cc(N(CCBr)CCOS(C)(=O)=O)c(S(C)(=O)=O)cc1[N+](=O)[O-]. The van der Waals surface area contributed by atoms with Crippen LogP contribution in [0.2, 0.25) is 0 Å².